The number of hydrogen-bond acceptors (Lipinski definition) is 4. The van der Waals surface area contributed by atoms with Crippen LogP contribution in [0.5, 0.6) is 0 Å². The van der Waals surface area contributed by atoms with Gasteiger partial charge in [0.05, 0.1) is 19.0 Å². The van der Waals surface area contributed by atoms with Crippen LogP contribution in [0, 0.1) is 5.92 Å². The van der Waals surface area contributed by atoms with E-state index in [4.69, 9.17) is 10.2 Å². The molecule has 0 aromatic heterocycles. The summed E-state index contributed by atoms with van der Waals surface area (Å²) >= 11 is 0. The van der Waals surface area contributed by atoms with Crippen LogP contribution in [0.25, 0.3) is 0 Å². The number of nitrogens with zero attached hydrogens (tertiary/aromatic N) is 1. The minimum Gasteiger partial charge on any atom is -0.395 e. The second kappa shape index (κ2) is 6.34. The fourth-order valence-electron chi connectivity index (χ4n) is 1.14. The predicted octanol–water partition coefficient (Wildman–Crippen LogP) is -0.741. The Labute approximate surface area is 85.4 Å². The van der Waals surface area contributed by atoms with Crippen molar-refractivity contribution in [3.8, 4) is 0 Å². The third-order valence-electron chi connectivity index (χ3n) is 1.64. The molecule has 0 rings (SSSR count). The van der Waals surface area contributed by atoms with Crippen molar-refractivity contribution >= 4 is 10.0 Å². The molecule has 0 saturated carbocycles. The normalized spacial score (nSPS) is 12.7. The van der Waals surface area contributed by atoms with Gasteiger partial charge < -0.3 is 10.2 Å². The molecule has 0 heterocycles. The zero-order valence-corrected chi connectivity index (χ0v) is 9.50. The van der Waals surface area contributed by atoms with E-state index in [9.17, 15) is 8.42 Å². The van der Waals surface area contributed by atoms with Crippen LogP contribution in [-0.4, -0.2) is 55.0 Å². The van der Waals surface area contributed by atoms with Crippen molar-refractivity contribution in [3.05, 3.63) is 0 Å². The number of sulfonamides is 1. The Morgan fingerprint density at radius 2 is 1.57 bits per heavy atom. The summed E-state index contributed by atoms with van der Waals surface area (Å²) < 4.78 is 24.4. The quantitative estimate of drug-likeness (QED) is 0.598. The Balaban J connectivity index is 4.45. The zero-order valence-electron chi connectivity index (χ0n) is 8.68. The fraction of sp³-hybridized carbons (Fsp3) is 1.00. The first-order valence-corrected chi connectivity index (χ1v) is 6.24. The second-order valence-corrected chi connectivity index (χ2v) is 5.53. The van der Waals surface area contributed by atoms with Gasteiger partial charge in [-0.25, -0.2) is 8.42 Å². The van der Waals surface area contributed by atoms with Gasteiger partial charge in [0.25, 0.3) is 0 Å². The van der Waals surface area contributed by atoms with Gasteiger partial charge in [0.2, 0.25) is 10.0 Å². The lowest BCUT2D eigenvalue weighted by Gasteiger charge is -2.21. The van der Waals surface area contributed by atoms with Gasteiger partial charge in [-0.1, -0.05) is 13.8 Å². The molecule has 0 unspecified atom stereocenters. The molecule has 0 atom stereocenters. The van der Waals surface area contributed by atoms with E-state index in [1.165, 1.54) is 0 Å². The molecule has 0 aliphatic rings. The SMILES string of the molecule is CC(C)CS(=O)(=O)N(CCO)CCO. The Kier molecular flexibility index (Phi) is 6.26. The highest BCUT2D eigenvalue weighted by atomic mass is 32.2. The molecule has 86 valence electrons. The van der Waals surface area contributed by atoms with Gasteiger partial charge in [-0.3, -0.25) is 0 Å². The monoisotopic (exact) mass is 225 g/mol. The fourth-order valence-corrected chi connectivity index (χ4v) is 2.91. The summed E-state index contributed by atoms with van der Waals surface area (Å²) in [6.07, 6.45) is 0. The van der Waals surface area contributed by atoms with E-state index in [-0.39, 0.29) is 38.0 Å². The summed E-state index contributed by atoms with van der Waals surface area (Å²) in [5, 5.41) is 17.3. The molecule has 0 spiro atoms. The maximum atomic E-state index is 11.6. The van der Waals surface area contributed by atoms with Crippen LogP contribution in [0.15, 0.2) is 0 Å². The van der Waals surface area contributed by atoms with Crippen molar-refractivity contribution in [2.24, 2.45) is 5.92 Å². The minimum absolute atomic E-state index is 0.0416. The van der Waals surface area contributed by atoms with Crippen LogP contribution in [0.1, 0.15) is 13.8 Å². The molecule has 0 fully saturated rings. The van der Waals surface area contributed by atoms with E-state index in [0.29, 0.717) is 0 Å². The summed E-state index contributed by atoms with van der Waals surface area (Å²) in [5.74, 6) is 0.0902. The molecule has 0 bridgehead atoms. The van der Waals surface area contributed by atoms with Crippen LogP contribution < -0.4 is 0 Å². The lowest BCUT2D eigenvalue weighted by Crippen LogP contribution is -2.38. The first-order chi connectivity index (χ1) is 6.44. The van der Waals surface area contributed by atoms with Crippen molar-refractivity contribution in [2.45, 2.75) is 13.8 Å². The van der Waals surface area contributed by atoms with Gasteiger partial charge in [-0.05, 0) is 5.92 Å². The molecule has 0 aromatic carbocycles. The Morgan fingerprint density at radius 1 is 1.14 bits per heavy atom. The molecule has 0 saturated heterocycles. The van der Waals surface area contributed by atoms with Crippen LogP contribution in [0.4, 0.5) is 0 Å². The van der Waals surface area contributed by atoms with Gasteiger partial charge in [0.15, 0.2) is 0 Å². The Morgan fingerprint density at radius 3 is 1.86 bits per heavy atom. The third-order valence-corrected chi connectivity index (χ3v) is 3.88. The van der Waals surface area contributed by atoms with E-state index in [0.717, 1.165) is 4.31 Å². The second-order valence-electron chi connectivity index (χ2n) is 3.52. The Hall–Kier alpha value is -0.170. The van der Waals surface area contributed by atoms with Crippen LogP contribution in [-0.2, 0) is 10.0 Å². The highest BCUT2D eigenvalue weighted by Crippen LogP contribution is 2.06. The van der Waals surface area contributed by atoms with Gasteiger partial charge in [-0.2, -0.15) is 4.31 Å². The third kappa shape index (κ3) is 4.90. The van der Waals surface area contributed by atoms with Gasteiger partial charge in [0.1, 0.15) is 0 Å². The molecule has 0 radical (unpaired) electrons. The largest absolute Gasteiger partial charge is 0.395 e. The summed E-state index contributed by atoms with van der Waals surface area (Å²) in [6.45, 7) is 3.28. The first kappa shape index (κ1) is 13.8. The number of aliphatic hydroxyl groups is 2. The lowest BCUT2D eigenvalue weighted by molar-refractivity contribution is 0.217. The average molecular weight is 225 g/mol. The summed E-state index contributed by atoms with van der Waals surface area (Å²) in [5.41, 5.74) is 0. The van der Waals surface area contributed by atoms with E-state index < -0.39 is 10.0 Å². The van der Waals surface area contributed by atoms with Crippen molar-refractivity contribution in [1.29, 1.82) is 0 Å². The summed E-state index contributed by atoms with van der Waals surface area (Å²) in [4.78, 5) is 0. The van der Waals surface area contributed by atoms with E-state index in [1.807, 2.05) is 13.8 Å². The molecule has 6 heteroatoms. The maximum Gasteiger partial charge on any atom is 0.214 e. The number of hydrogen-bond donors (Lipinski definition) is 2. The summed E-state index contributed by atoms with van der Waals surface area (Å²) in [7, 11) is -3.33. The van der Waals surface area contributed by atoms with Crippen molar-refractivity contribution in [1.82, 2.24) is 4.31 Å². The molecule has 0 amide bonds. The van der Waals surface area contributed by atoms with Crippen molar-refractivity contribution in [3.63, 3.8) is 0 Å². The molecular formula is C8H19NO4S. The predicted molar refractivity (Wildman–Crippen MR) is 54.4 cm³/mol. The molecule has 2 N–H and O–H groups in total. The molecule has 0 aromatic rings. The summed E-state index contributed by atoms with van der Waals surface area (Å²) in [6, 6.07) is 0. The highest BCUT2D eigenvalue weighted by Gasteiger charge is 2.21. The molecular weight excluding hydrogens is 206 g/mol. The smallest absolute Gasteiger partial charge is 0.214 e. The molecule has 0 aliphatic heterocycles. The first-order valence-electron chi connectivity index (χ1n) is 4.63. The van der Waals surface area contributed by atoms with E-state index in [1.54, 1.807) is 0 Å². The van der Waals surface area contributed by atoms with E-state index >= 15 is 0 Å². The van der Waals surface area contributed by atoms with Crippen molar-refractivity contribution in [2.75, 3.05) is 32.1 Å². The average Bonchev–Trinajstić information content (AvgIpc) is 2.01. The van der Waals surface area contributed by atoms with Crippen LogP contribution in [0.3, 0.4) is 0 Å². The van der Waals surface area contributed by atoms with Crippen molar-refractivity contribution < 1.29 is 18.6 Å². The zero-order chi connectivity index (χ0) is 11.2. The van der Waals surface area contributed by atoms with Crippen LogP contribution >= 0.6 is 0 Å². The van der Waals surface area contributed by atoms with Crippen LogP contribution in [0.2, 0.25) is 0 Å². The lowest BCUT2D eigenvalue weighted by atomic mass is 10.3. The molecule has 5 nitrogen and oxygen atoms in total. The maximum absolute atomic E-state index is 11.6. The van der Waals surface area contributed by atoms with Gasteiger partial charge in [0, 0.05) is 13.1 Å². The number of rotatable bonds is 7. The van der Waals surface area contributed by atoms with Gasteiger partial charge >= 0.3 is 0 Å². The topological polar surface area (TPSA) is 77.8 Å². The number of aliphatic hydroxyl groups excluding tert-OH is 2. The van der Waals surface area contributed by atoms with E-state index in [2.05, 4.69) is 0 Å². The molecule has 0 aliphatic carbocycles. The highest BCUT2D eigenvalue weighted by molar-refractivity contribution is 7.89. The standard InChI is InChI=1S/C8H19NO4S/c1-8(2)7-14(12,13)9(3-5-10)4-6-11/h8,10-11H,3-7H2,1-2H3. The Bertz CT molecular complexity index is 232. The van der Waals surface area contributed by atoms with Gasteiger partial charge in [-0.15, -0.1) is 0 Å². The minimum atomic E-state index is -3.33. The molecule has 14 heavy (non-hydrogen) atoms.